The zero-order valence-electron chi connectivity index (χ0n) is 24.0. The molecule has 1 saturated heterocycles. The molecule has 46 heavy (non-hydrogen) atoms. The highest BCUT2D eigenvalue weighted by Crippen LogP contribution is 2.37. The topological polar surface area (TPSA) is 290 Å². The van der Waals surface area contributed by atoms with E-state index in [4.69, 9.17) is 20.3 Å². The molecule has 0 aromatic heterocycles. The Bertz CT molecular complexity index is 1690. The maximum Gasteiger partial charge on any atom is 0.340 e. The number of carbonyl (C=O) groups excluding carboxylic acids is 3. The first-order valence-electron chi connectivity index (χ1n) is 13.4. The van der Waals surface area contributed by atoms with E-state index in [0.29, 0.717) is 30.3 Å². The number of benzene rings is 3. The molecule has 1 fully saturated rings. The number of hydrogen-bond acceptors (Lipinski definition) is 17. The summed E-state index contributed by atoms with van der Waals surface area (Å²) in [5.74, 6) is -10.6. The molecule has 244 valence electrons. The van der Waals surface area contributed by atoms with Crippen LogP contribution in [-0.2, 0) is 23.7 Å². The van der Waals surface area contributed by atoms with Crippen LogP contribution in [0.1, 0.15) is 27.7 Å². The van der Waals surface area contributed by atoms with Gasteiger partial charge in [-0.2, -0.15) is 0 Å². The van der Waals surface area contributed by atoms with Crippen LogP contribution in [0.15, 0.2) is 48.5 Å². The fraction of sp³-hybridized carbons (Fsp3) is 0.207. The van der Waals surface area contributed by atoms with Gasteiger partial charge < -0.3 is 70.0 Å². The minimum atomic E-state index is -2.14. The van der Waals surface area contributed by atoms with E-state index in [1.54, 1.807) is 0 Å². The SMILES string of the molecule is [2H]/C(=C\C(=O)OC[C@H]1OC(OC(=O)c2cc(O)c(O)c(O)c2)[C@H](OC(=O)c2cc(O)c(O)c(O)c2)[C@@H](O)[C@@H]1O)c1ccc(O)c(O)c1. The number of phenolic OH excluding ortho intramolecular Hbond substituents is 8. The molecule has 0 bridgehead atoms. The molecule has 17 nitrogen and oxygen atoms in total. The normalized spacial score (nSPS) is 21.6. The minimum Gasteiger partial charge on any atom is -0.504 e. The van der Waals surface area contributed by atoms with Gasteiger partial charge in [-0.1, -0.05) is 6.07 Å². The van der Waals surface area contributed by atoms with Crippen molar-refractivity contribution in [1.82, 2.24) is 0 Å². The van der Waals surface area contributed by atoms with Crippen molar-refractivity contribution in [2.75, 3.05) is 6.61 Å². The van der Waals surface area contributed by atoms with E-state index in [0.717, 1.165) is 12.1 Å². The number of aliphatic hydroxyl groups is 2. The Morgan fingerprint density at radius 3 is 1.76 bits per heavy atom. The van der Waals surface area contributed by atoms with Crippen LogP contribution in [0.25, 0.3) is 6.05 Å². The second kappa shape index (κ2) is 13.4. The minimum absolute atomic E-state index is 0.0137. The Morgan fingerprint density at radius 1 is 0.717 bits per heavy atom. The summed E-state index contributed by atoms with van der Waals surface area (Å²) in [5.41, 5.74) is -1.13. The lowest BCUT2D eigenvalue weighted by atomic mass is 9.99. The molecule has 10 N–H and O–H groups in total. The Kier molecular flexibility index (Phi) is 9.17. The zero-order valence-corrected chi connectivity index (χ0v) is 23.0. The monoisotopic (exact) mass is 647 g/mol. The molecule has 3 aromatic carbocycles. The lowest BCUT2D eigenvalue weighted by molar-refractivity contribution is -0.285. The maximum atomic E-state index is 12.9. The molecule has 0 saturated carbocycles. The summed E-state index contributed by atoms with van der Waals surface area (Å²) in [7, 11) is 0. The van der Waals surface area contributed by atoms with E-state index >= 15 is 0 Å². The first-order valence-corrected chi connectivity index (χ1v) is 12.9. The number of phenols is 8. The number of esters is 3. The number of ether oxygens (including phenoxy) is 4. The standard InChI is InChI=1S/C29H26O17/c30-14-3-1-11(5-15(14)31)2-4-21(36)43-10-20-24(39)25(40)26(45-27(41)12-6-16(32)22(37)17(33)7-12)29(44-20)46-28(42)13-8-18(34)23(38)19(35)9-13/h1-9,20,24-26,29-35,37-40H,10H2/b4-2+/t20-,24-,25+,26-,29?/m1/s1/i2D. The van der Waals surface area contributed by atoms with Crippen LogP contribution in [0.3, 0.4) is 0 Å². The number of carbonyl (C=O) groups is 3. The van der Waals surface area contributed by atoms with Crippen molar-refractivity contribution in [3.63, 3.8) is 0 Å². The van der Waals surface area contributed by atoms with Crippen molar-refractivity contribution < 1.29 is 85.8 Å². The quantitative estimate of drug-likeness (QED) is 0.0685. The molecule has 5 atom stereocenters. The number of aliphatic hydroxyl groups excluding tert-OH is 2. The highest BCUT2D eigenvalue weighted by Gasteiger charge is 2.49. The van der Waals surface area contributed by atoms with Crippen LogP contribution >= 0.6 is 0 Å². The Morgan fingerprint density at radius 2 is 1.24 bits per heavy atom. The number of hydrogen-bond donors (Lipinski definition) is 10. The molecule has 4 rings (SSSR count). The molecule has 0 radical (unpaired) electrons. The first kappa shape index (κ1) is 31.5. The predicted octanol–water partition coefficient (Wildman–Crippen LogP) is 0.417. The summed E-state index contributed by atoms with van der Waals surface area (Å²) >= 11 is 0. The summed E-state index contributed by atoms with van der Waals surface area (Å²) < 4.78 is 28.8. The molecule has 3 aromatic rings. The number of rotatable bonds is 8. The molecular weight excluding hydrogens is 620 g/mol. The Hall–Kier alpha value is -5.91. The fourth-order valence-corrected chi connectivity index (χ4v) is 4.03. The van der Waals surface area contributed by atoms with Crippen LogP contribution in [0.4, 0.5) is 0 Å². The molecule has 1 aliphatic heterocycles. The first-order chi connectivity index (χ1) is 22.1. The predicted molar refractivity (Wildman–Crippen MR) is 148 cm³/mol. The van der Waals surface area contributed by atoms with Gasteiger partial charge in [-0.15, -0.1) is 0 Å². The van der Waals surface area contributed by atoms with Crippen LogP contribution in [0, 0.1) is 0 Å². The van der Waals surface area contributed by atoms with Crippen molar-refractivity contribution >= 4 is 24.0 Å². The average Bonchev–Trinajstić information content (AvgIpc) is 3.01. The van der Waals surface area contributed by atoms with E-state index in [1.807, 2.05) is 0 Å². The lowest BCUT2D eigenvalue weighted by Gasteiger charge is -2.41. The molecule has 17 heteroatoms. The Labute approximate surface area is 258 Å². The van der Waals surface area contributed by atoms with Gasteiger partial charge in [-0.25, -0.2) is 14.4 Å². The third-order valence-corrected chi connectivity index (χ3v) is 6.44. The van der Waals surface area contributed by atoms with Gasteiger partial charge in [0.1, 0.15) is 24.9 Å². The van der Waals surface area contributed by atoms with Crippen molar-refractivity contribution in [2.24, 2.45) is 0 Å². The van der Waals surface area contributed by atoms with Gasteiger partial charge >= 0.3 is 17.9 Å². The van der Waals surface area contributed by atoms with Crippen LogP contribution < -0.4 is 0 Å². The van der Waals surface area contributed by atoms with Gasteiger partial charge in [-0.05, 0) is 48.0 Å². The average molecular weight is 648 g/mol. The van der Waals surface area contributed by atoms with E-state index in [9.17, 15) is 65.4 Å². The van der Waals surface area contributed by atoms with Crippen molar-refractivity contribution in [3.05, 3.63) is 65.2 Å². The van der Waals surface area contributed by atoms with Gasteiger partial charge in [0.05, 0.1) is 12.5 Å². The van der Waals surface area contributed by atoms with Crippen molar-refractivity contribution in [2.45, 2.75) is 30.7 Å². The van der Waals surface area contributed by atoms with Crippen LogP contribution in [0.2, 0.25) is 0 Å². The Balaban J connectivity index is 1.56. The van der Waals surface area contributed by atoms with Gasteiger partial charge in [0.15, 0.2) is 52.1 Å². The number of aromatic hydroxyl groups is 8. The van der Waals surface area contributed by atoms with E-state index in [1.165, 1.54) is 6.07 Å². The summed E-state index contributed by atoms with van der Waals surface area (Å²) in [6.07, 6.45) is -9.35. The summed E-state index contributed by atoms with van der Waals surface area (Å²) in [6.45, 7) is -0.850. The molecule has 0 aliphatic carbocycles. The van der Waals surface area contributed by atoms with Crippen molar-refractivity contribution in [3.8, 4) is 46.0 Å². The van der Waals surface area contributed by atoms with E-state index in [2.05, 4.69) is 0 Å². The molecule has 0 spiro atoms. The highest BCUT2D eigenvalue weighted by atomic mass is 16.7. The zero-order chi connectivity index (χ0) is 34.7. The molecule has 1 aliphatic rings. The summed E-state index contributed by atoms with van der Waals surface area (Å²) in [5, 5.41) is 98.7. The van der Waals surface area contributed by atoms with Crippen LogP contribution in [-0.4, -0.2) is 106 Å². The molecule has 0 amide bonds. The summed E-state index contributed by atoms with van der Waals surface area (Å²) in [4.78, 5) is 38.1. The molecule has 1 unspecified atom stereocenters. The maximum absolute atomic E-state index is 12.9. The largest absolute Gasteiger partial charge is 0.504 e. The smallest absolute Gasteiger partial charge is 0.340 e. The van der Waals surface area contributed by atoms with Gasteiger partial charge in [0.2, 0.25) is 6.29 Å². The van der Waals surface area contributed by atoms with Gasteiger partial charge in [-0.3, -0.25) is 0 Å². The second-order valence-electron chi connectivity index (χ2n) is 9.65. The third-order valence-electron chi connectivity index (χ3n) is 6.44. The third kappa shape index (κ3) is 7.24. The van der Waals surface area contributed by atoms with Crippen molar-refractivity contribution in [1.29, 1.82) is 0 Å². The second-order valence-corrected chi connectivity index (χ2v) is 9.65. The van der Waals surface area contributed by atoms with E-state index < -0.39 is 118 Å². The van der Waals surface area contributed by atoms with E-state index in [-0.39, 0.29) is 5.56 Å². The van der Waals surface area contributed by atoms with Crippen LogP contribution in [0.5, 0.6) is 46.0 Å². The summed E-state index contributed by atoms with van der Waals surface area (Å²) in [6, 6.07) is 5.58. The lowest BCUT2D eigenvalue weighted by Crippen LogP contribution is -2.61. The molecular formula is C29H26O17. The highest BCUT2D eigenvalue weighted by molar-refractivity contribution is 5.92. The van der Waals surface area contributed by atoms with Gasteiger partial charge in [0.25, 0.3) is 0 Å². The molecule has 1 heterocycles. The van der Waals surface area contributed by atoms with Gasteiger partial charge in [0, 0.05) is 6.08 Å². The fourth-order valence-electron chi connectivity index (χ4n) is 4.03.